The van der Waals surface area contributed by atoms with E-state index in [0.29, 0.717) is 22.5 Å². The fourth-order valence-corrected chi connectivity index (χ4v) is 6.73. The lowest BCUT2D eigenvalue weighted by Gasteiger charge is -2.42. The molecule has 0 radical (unpaired) electrons. The van der Waals surface area contributed by atoms with E-state index in [1.165, 1.54) is 0 Å². The van der Waals surface area contributed by atoms with Gasteiger partial charge >= 0.3 is 0 Å². The summed E-state index contributed by atoms with van der Waals surface area (Å²) < 4.78 is 5.54. The summed E-state index contributed by atoms with van der Waals surface area (Å²) in [5.41, 5.74) is 6.07. The molecule has 1 aromatic heterocycles. The van der Waals surface area contributed by atoms with E-state index in [-0.39, 0.29) is 0 Å². The van der Waals surface area contributed by atoms with E-state index in [2.05, 4.69) is 76.1 Å². The Kier molecular flexibility index (Phi) is 8.51. The van der Waals surface area contributed by atoms with Crippen LogP contribution in [0.2, 0.25) is 10.0 Å². The summed E-state index contributed by atoms with van der Waals surface area (Å²) in [5.74, 6) is 2.34. The highest BCUT2D eigenvalue weighted by Crippen LogP contribution is 2.43. The number of guanidine groups is 1. The molecule has 0 saturated carbocycles. The summed E-state index contributed by atoms with van der Waals surface area (Å²) >= 11 is 12.8. The average molecular weight is 618 g/mol. The number of hydrogen-bond acceptors (Lipinski definition) is 7. The van der Waals surface area contributed by atoms with E-state index >= 15 is 0 Å². The predicted molar refractivity (Wildman–Crippen MR) is 176 cm³/mol. The Morgan fingerprint density at radius 2 is 1.77 bits per heavy atom. The second-order valence-electron chi connectivity index (χ2n) is 11.9. The summed E-state index contributed by atoms with van der Waals surface area (Å²) in [6.45, 7) is 7.48. The van der Waals surface area contributed by atoms with Crippen LogP contribution in [0.25, 0.3) is 11.1 Å². The number of benzene rings is 3. The van der Waals surface area contributed by atoms with Crippen LogP contribution < -0.4 is 10.6 Å². The number of piperidine rings is 1. The number of aromatic nitrogens is 1. The van der Waals surface area contributed by atoms with Crippen molar-refractivity contribution in [2.45, 2.75) is 38.9 Å². The number of aliphatic imine (C=N–C) groups is 1. The van der Waals surface area contributed by atoms with Crippen molar-refractivity contribution in [1.82, 2.24) is 20.3 Å². The molecule has 43 heavy (non-hydrogen) atoms. The summed E-state index contributed by atoms with van der Waals surface area (Å²) in [6.07, 6.45) is 2.25. The molecule has 9 heteroatoms. The van der Waals surface area contributed by atoms with Crippen molar-refractivity contribution >= 4 is 34.8 Å². The molecular weight excluding hydrogens is 579 g/mol. The molecule has 0 bridgehead atoms. The van der Waals surface area contributed by atoms with Gasteiger partial charge in [-0.1, -0.05) is 58.7 Å². The lowest BCUT2D eigenvalue weighted by Crippen LogP contribution is -2.51. The molecule has 2 N–H and O–H groups in total. The number of hydrogen-bond donors (Lipinski definition) is 2. The normalized spacial score (nSPS) is 18.9. The number of nitrogens with one attached hydrogen (secondary N) is 2. The summed E-state index contributed by atoms with van der Waals surface area (Å²) in [6, 6.07) is 22.4. The third-order valence-electron chi connectivity index (χ3n) is 8.49. The minimum absolute atomic E-state index is 0.555. The van der Waals surface area contributed by atoms with Gasteiger partial charge in [-0.2, -0.15) is 0 Å². The number of fused-ring (bicyclic) bond motifs is 1. The maximum absolute atomic E-state index is 6.40. The fraction of sp³-hybridized carbons (Fsp3) is 0.353. The van der Waals surface area contributed by atoms with Gasteiger partial charge in [0.15, 0.2) is 5.66 Å². The Balaban J connectivity index is 1.48. The monoisotopic (exact) mass is 616 g/mol. The molecule has 0 aliphatic carbocycles. The van der Waals surface area contributed by atoms with Gasteiger partial charge in [0.1, 0.15) is 5.76 Å². The summed E-state index contributed by atoms with van der Waals surface area (Å²) in [5, 5.41) is 13.2. The first-order chi connectivity index (χ1) is 20.7. The van der Waals surface area contributed by atoms with Crippen molar-refractivity contribution in [2.75, 3.05) is 39.0 Å². The van der Waals surface area contributed by atoms with Crippen molar-refractivity contribution in [3.05, 3.63) is 105 Å². The zero-order chi connectivity index (χ0) is 30.1. The molecule has 0 amide bonds. The van der Waals surface area contributed by atoms with Gasteiger partial charge in [-0.25, -0.2) is 4.99 Å². The van der Waals surface area contributed by atoms with Gasteiger partial charge in [0.25, 0.3) is 0 Å². The van der Waals surface area contributed by atoms with E-state index in [0.717, 1.165) is 83.4 Å². The average Bonchev–Trinajstić information content (AvgIpc) is 3.33. The molecule has 4 aromatic rings. The molecule has 2 aliphatic rings. The number of anilines is 1. The number of halogens is 2. The van der Waals surface area contributed by atoms with Crippen LogP contribution in [0.15, 0.2) is 76.2 Å². The quantitative estimate of drug-likeness (QED) is 0.227. The van der Waals surface area contributed by atoms with Crippen molar-refractivity contribution in [3.63, 3.8) is 0 Å². The number of rotatable bonds is 7. The minimum atomic E-state index is -0.904. The predicted octanol–water partition coefficient (Wildman–Crippen LogP) is 7.31. The molecule has 1 unspecified atom stereocenters. The summed E-state index contributed by atoms with van der Waals surface area (Å²) in [7, 11) is 4.30. The zero-order valence-electron chi connectivity index (χ0n) is 25.1. The van der Waals surface area contributed by atoms with Crippen LogP contribution in [-0.2, 0) is 12.2 Å². The van der Waals surface area contributed by atoms with Crippen LogP contribution >= 0.6 is 23.2 Å². The van der Waals surface area contributed by atoms with E-state index in [9.17, 15) is 0 Å². The van der Waals surface area contributed by atoms with Gasteiger partial charge < -0.3 is 19.6 Å². The van der Waals surface area contributed by atoms with Gasteiger partial charge in [-0.05, 0) is 99.8 Å². The first kappa shape index (κ1) is 29.7. The van der Waals surface area contributed by atoms with Crippen LogP contribution in [0.3, 0.4) is 0 Å². The lowest BCUT2D eigenvalue weighted by atomic mass is 9.86. The Morgan fingerprint density at radius 3 is 2.44 bits per heavy atom. The van der Waals surface area contributed by atoms with Gasteiger partial charge in [-0.3, -0.25) is 5.32 Å². The fourth-order valence-electron chi connectivity index (χ4n) is 6.39. The van der Waals surface area contributed by atoms with Gasteiger partial charge in [0.05, 0.1) is 5.69 Å². The Hall–Kier alpha value is -3.36. The first-order valence-corrected chi connectivity index (χ1v) is 15.6. The maximum atomic E-state index is 6.40. The highest BCUT2D eigenvalue weighted by atomic mass is 35.5. The SMILES string of the molecule is Cc1noc(C)c1-c1ccc2c(c1)C(NCc1cccc(Cl)c1)(c1ccc(Cl)cc1)N=C(N1CCC(CN(C)C)CC1)N2. The molecule has 3 heterocycles. The maximum Gasteiger partial charge on any atom is 0.201 e. The lowest BCUT2D eigenvalue weighted by molar-refractivity contribution is 0.217. The van der Waals surface area contributed by atoms with Crippen LogP contribution in [0.5, 0.6) is 0 Å². The third kappa shape index (κ3) is 6.18. The molecule has 1 saturated heterocycles. The zero-order valence-corrected chi connectivity index (χ0v) is 26.6. The third-order valence-corrected chi connectivity index (χ3v) is 8.98. The topological polar surface area (TPSA) is 68.9 Å². The number of nitrogens with zero attached hydrogens (tertiary/aromatic N) is 4. The van der Waals surface area contributed by atoms with Crippen molar-refractivity contribution < 1.29 is 4.52 Å². The second-order valence-corrected chi connectivity index (χ2v) is 12.8. The van der Waals surface area contributed by atoms with Gasteiger partial charge in [0.2, 0.25) is 5.96 Å². The van der Waals surface area contributed by atoms with Gasteiger partial charge in [-0.15, -0.1) is 0 Å². The Morgan fingerprint density at radius 1 is 1.00 bits per heavy atom. The number of likely N-dealkylation sites (tertiary alicyclic amines) is 1. The molecule has 1 fully saturated rings. The van der Waals surface area contributed by atoms with Crippen molar-refractivity contribution in [2.24, 2.45) is 10.9 Å². The molecule has 1 atom stereocenters. The molecule has 224 valence electrons. The molecule has 0 spiro atoms. The first-order valence-electron chi connectivity index (χ1n) is 14.8. The van der Waals surface area contributed by atoms with Crippen LogP contribution in [0, 0.1) is 19.8 Å². The number of aryl methyl sites for hydroxylation is 2. The molecule has 7 nitrogen and oxygen atoms in total. The largest absolute Gasteiger partial charge is 0.361 e. The van der Waals surface area contributed by atoms with Crippen molar-refractivity contribution in [3.8, 4) is 11.1 Å². The summed E-state index contributed by atoms with van der Waals surface area (Å²) in [4.78, 5) is 10.2. The van der Waals surface area contributed by atoms with Crippen LogP contribution in [0.4, 0.5) is 5.69 Å². The van der Waals surface area contributed by atoms with Crippen LogP contribution in [-0.4, -0.2) is 54.6 Å². The Bertz CT molecular complexity index is 1600. The minimum Gasteiger partial charge on any atom is -0.361 e. The molecule has 3 aromatic carbocycles. The molecular formula is C34H38Cl2N6O. The highest BCUT2D eigenvalue weighted by molar-refractivity contribution is 6.30. The second kappa shape index (κ2) is 12.3. The van der Waals surface area contributed by atoms with Gasteiger partial charge in [0, 0.05) is 53.0 Å². The standard InChI is InChI=1S/C34H38Cl2N6O/c1-22-32(23(2)43-40-22)26-8-13-31-30(19-26)34(27-9-11-28(35)12-10-27,37-20-25-6-5-7-29(36)18-25)39-33(38-31)42-16-14-24(15-17-42)21-41(3)4/h5-13,18-19,24,37H,14-17,20-21H2,1-4H3,(H,38,39). The molecule has 2 aliphatic heterocycles. The van der Waals surface area contributed by atoms with E-state index < -0.39 is 5.66 Å². The van der Waals surface area contributed by atoms with E-state index in [1.54, 1.807) is 0 Å². The van der Waals surface area contributed by atoms with Crippen LogP contribution in [0.1, 0.15) is 41.0 Å². The van der Waals surface area contributed by atoms with E-state index in [1.807, 2.05) is 44.2 Å². The smallest absolute Gasteiger partial charge is 0.201 e. The molecule has 6 rings (SSSR count). The van der Waals surface area contributed by atoms with E-state index in [4.69, 9.17) is 32.7 Å². The highest BCUT2D eigenvalue weighted by Gasteiger charge is 2.41. The Labute approximate surface area is 263 Å². The van der Waals surface area contributed by atoms with Crippen molar-refractivity contribution in [1.29, 1.82) is 0 Å².